The fraction of sp³-hybridized carbons (Fsp3) is 0.588. The van der Waals surface area contributed by atoms with Gasteiger partial charge < -0.3 is 10.6 Å². The molecule has 3 nitrogen and oxygen atoms in total. The van der Waals surface area contributed by atoms with Gasteiger partial charge in [0.25, 0.3) is 0 Å². The summed E-state index contributed by atoms with van der Waals surface area (Å²) in [6, 6.07) is 6.34. The lowest BCUT2D eigenvalue weighted by atomic mass is 10.0. The zero-order valence-electron chi connectivity index (χ0n) is 12.8. The van der Waals surface area contributed by atoms with E-state index < -0.39 is 0 Å². The van der Waals surface area contributed by atoms with E-state index >= 15 is 0 Å². The third kappa shape index (κ3) is 4.02. The molecular weight excluding hydrogens is 278 g/mol. The second-order valence-electron chi connectivity index (χ2n) is 6.53. The van der Waals surface area contributed by atoms with E-state index in [1.54, 1.807) is 0 Å². The molecule has 1 aliphatic carbocycles. The smallest absolute Gasteiger partial charge is 0.103 e. The van der Waals surface area contributed by atoms with Crippen molar-refractivity contribution >= 4 is 17.2 Å². The van der Waals surface area contributed by atoms with Crippen LogP contribution in [0.2, 0.25) is 0 Å². The minimum Gasteiger partial charge on any atom is -0.389 e. The lowest BCUT2D eigenvalue weighted by molar-refractivity contribution is 0.123. The number of hydrogen-bond acceptors (Lipinski definition) is 3. The van der Waals surface area contributed by atoms with Crippen LogP contribution in [0.3, 0.4) is 0 Å². The Hall–Kier alpha value is -0.970. The van der Waals surface area contributed by atoms with Crippen molar-refractivity contribution < 1.29 is 0 Å². The Balaban J connectivity index is 1.53. The molecular formula is C17H25N3S. The topological polar surface area (TPSA) is 32.5 Å². The van der Waals surface area contributed by atoms with Crippen LogP contribution in [0.4, 0.5) is 0 Å². The number of piperazine rings is 1. The quantitative estimate of drug-likeness (QED) is 0.845. The van der Waals surface area contributed by atoms with E-state index in [0.717, 1.165) is 18.0 Å². The Labute approximate surface area is 133 Å². The Kier molecular flexibility index (Phi) is 4.57. The van der Waals surface area contributed by atoms with Crippen LogP contribution in [-0.4, -0.2) is 47.5 Å². The highest BCUT2D eigenvalue weighted by atomic mass is 32.1. The minimum atomic E-state index is 0.485. The zero-order valence-corrected chi connectivity index (χ0v) is 13.7. The van der Waals surface area contributed by atoms with Gasteiger partial charge in [0.2, 0.25) is 0 Å². The molecule has 1 aromatic carbocycles. The minimum absolute atomic E-state index is 0.485. The van der Waals surface area contributed by atoms with Crippen molar-refractivity contribution in [2.24, 2.45) is 11.7 Å². The van der Waals surface area contributed by atoms with Gasteiger partial charge >= 0.3 is 0 Å². The average molecular weight is 303 g/mol. The van der Waals surface area contributed by atoms with Crippen LogP contribution in [-0.2, 0) is 6.54 Å². The molecule has 1 saturated carbocycles. The van der Waals surface area contributed by atoms with Gasteiger partial charge in [0.15, 0.2) is 0 Å². The number of aryl methyl sites for hydroxylation is 1. The van der Waals surface area contributed by atoms with Crippen molar-refractivity contribution in [2.45, 2.75) is 26.3 Å². The molecule has 0 atom stereocenters. The SMILES string of the molecule is Cc1cc(C(N)=S)ccc1CN1CCN(CC2CC2)CC1. The molecule has 1 heterocycles. The lowest BCUT2D eigenvalue weighted by Gasteiger charge is -2.35. The highest BCUT2D eigenvalue weighted by Crippen LogP contribution is 2.30. The molecule has 0 unspecified atom stereocenters. The Morgan fingerprint density at radius 1 is 1.19 bits per heavy atom. The molecule has 1 aliphatic heterocycles. The molecule has 0 radical (unpaired) electrons. The second kappa shape index (κ2) is 6.42. The van der Waals surface area contributed by atoms with Gasteiger partial charge in [0.05, 0.1) is 0 Å². The van der Waals surface area contributed by atoms with Crippen molar-refractivity contribution in [1.82, 2.24) is 9.80 Å². The molecule has 21 heavy (non-hydrogen) atoms. The van der Waals surface area contributed by atoms with Gasteiger partial charge in [-0.15, -0.1) is 0 Å². The van der Waals surface area contributed by atoms with Gasteiger partial charge in [-0.05, 0) is 42.9 Å². The number of nitrogens with zero attached hydrogens (tertiary/aromatic N) is 2. The summed E-state index contributed by atoms with van der Waals surface area (Å²) in [5.41, 5.74) is 9.35. The molecule has 0 bridgehead atoms. The summed E-state index contributed by atoms with van der Waals surface area (Å²) in [5.74, 6) is 1.01. The van der Waals surface area contributed by atoms with Gasteiger partial charge in [-0.3, -0.25) is 4.90 Å². The van der Waals surface area contributed by atoms with Crippen molar-refractivity contribution in [3.8, 4) is 0 Å². The second-order valence-corrected chi connectivity index (χ2v) is 6.97. The third-order valence-corrected chi connectivity index (χ3v) is 4.93. The van der Waals surface area contributed by atoms with E-state index in [0.29, 0.717) is 4.99 Å². The largest absolute Gasteiger partial charge is 0.389 e. The molecule has 0 amide bonds. The maximum absolute atomic E-state index is 5.69. The summed E-state index contributed by atoms with van der Waals surface area (Å²) in [6.45, 7) is 9.34. The summed E-state index contributed by atoms with van der Waals surface area (Å²) in [6.07, 6.45) is 2.91. The number of nitrogens with two attached hydrogens (primary N) is 1. The fourth-order valence-electron chi connectivity index (χ4n) is 3.06. The van der Waals surface area contributed by atoms with E-state index in [-0.39, 0.29) is 0 Å². The number of thiocarbonyl (C=S) groups is 1. The van der Waals surface area contributed by atoms with E-state index in [4.69, 9.17) is 18.0 Å². The lowest BCUT2D eigenvalue weighted by Crippen LogP contribution is -2.46. The summed E-state index contributed by atoms with van der Waals surface area (Å²) in [5, 5.41) is 0. The molecule has 0 aromatic heterocycles. The predicted molar refractivity (Wildman–Crippen MR) is 91.5 cm³/mol. The van der Waals surface area contributed by atoms with Crippen molar-refractivity contribution in [1.29, 1.82) is 0 Å². The molecule has 3 rings (SSSR count). The van der Waals surface area contributed by atoms with E-state index in [9.17, 15) is 0 Å². The average Bonchev–Trinajstić information content (AvgIpc) is 3.27. The van der Waals surface area contributed by atoms with Crippen LogP contribution in [0.1, 0.15) is 29.5 Å². The highest BCUT2D eigenvalue weighted by Gasteiger charge is 2.26. The molecule has 0 spiro atoms. The monoisotopic (exact) mass is 303 g/mol. The standard InChI is InChI=1S/C17H25N3S/c1-13-10-15(17(18)21)4-5-16(13)12-20-8-6-19(7-9-20)11-14-2-3-14/h4-5,10,14H,2-3,6-9,11-12H2,1H3,(H2,18,21). The van der Waals surface area contributed by atoms with Gasteiger partial charge in [-0.2, -0.15) is 0 Å². The van der Waals surface area contributed by atoms with Gasteiger partial charge in [-0.1, -0.05) is 24.4 Å². The molecule has 4 heteroatoms. The van der Waals surface area contributed by atoms with Crippen molar-refractivity contribution in [2.75, 3.05) is 32.7 Å². The Morgan fingerprint density at radius 3 is 2.43 bits per heavy atom. The highest BCUT2D eigenvalue weighted by molar-refractivity contribution is 7.80. The summed E-state index contributed by atoms with van der Waals surface area (Å²) in [4.78, 5) is 5.68. The maximum Gasteiger partial charge on any atom is 0.103 e. The predicted octanol–water partition coefficient (Wildman–Crippen LogP) is 2.16. The van der Waals surface area contributed by atoms with Crippen LogP contribution < -0.4 is 5.73 Å². The normalized spacial score (nSPS) is 20.6. The first-order chi connectivity index (χ1) is 10.1. The van der Waals surface area contributed by atoms with Crippen LogP contribution in [0.25, 0.3) is 0 Å². The molecule has 2 N–H and O–H groups in total. The molecule has 2 fully saturated rings. The van der Waals surface area contributed by atoms with Gasteiger partial charge in [0.1, 0.15) is 4.99 Å². The van der Waals surface area contributed by atoms with Gasteiger partial charge in [-0.25, -0.2) is 0 Å². The van der Waals surface area contributed by atoms with Gasteiger partial charge in [0, 0.05) is 44.8 Å². The van der Waals surface area contributed by atoms with Crippen LogP contribution in [0.5, 0.6) is 0 Å². The molecule has 1 aromatic rings. The zero-order chi connectivity index (χ0) is 14.8. The Morgan fingerprint density at radius 2 is 1.86 bits per heavy atom. The van der Waals surface area contributed by atoms with Crippen LogP contribution in [0.15, 0.2) is 18.2 Å². The van der Waals surface area contributed by atoms with Crippen LogP contribution in [0, 0.1) is 12.8 Å². The Bertz CT molecular complexity index is 517. The first-order valence-electron chi connectivity index (χ1n) is 7.96. The molecule has 114 valence electrons. The summed E-state index contributed by atoms with van der Waals surface area (Å²) >= 11 is 5.04. The molecule has 2 aliphatic rings. The van der Waals surface area contributed by atoms with Crippen molar-refractivity contribution in [3.63, 3.8) is 0 Å². The van der Waals surface area contributed by atoms with E-state index in [2.05, 4.69) is 28.9 Å². The summed E-state index contributed by atoms with van der Waals surface area (Å²) < 4.78 is 0. The first-order valence-corrected chi connectivity index (χ1v) is 8.36. The van der Waals surface area contributed by atoms with Crippen LogP contribution >= 0.6 is 12.2 Å². The summed E-state index contributed by atoms with van der Waals surface area (Å²) in [7, 11) is 0. The number of rotatable bonds is 5. The fourth-order valence-corrected chi connectivity index (χ4v) is 3.19. The van der Waals surface area contributed by atoms with E-state index in [1.165, 1.54) is 56.7 Å². The van der Waals surface area contributed by atoms with E-state index in [1.807, 2.05) is 6.07 Å². The first kappa shape index (κ1) is 14.9. The van der Waals surface area contributed by atoms with Crippen molar-refractivity contribution in [3.05, 3.63) is 34.9 Å². The molecule has 1 saturated heterocycles. The maximum atomic E-state index is 5.69. The number of benzene rings is 1. The third-order valence-electron chi connectivity index (χ3n) is 4.70. The number of hydrogen-bond donors (Lipinski definition) is 1.